The maximum Gasteiger partial charge on any atom is 0.411 e. The summed E-state index contributed by atoms with van der Waals surface area (Å²) in [5, 5.41) is 2.61. The molecule has 126 valence electrons. The second kappa shape index (κ2) is 7.88. The first kappa shape index (κ1) is 16.4. The smallest absolute Gasteiger partial charge is 0.411 e. The van der Waals surface area contributed by atoms with E-state index in [4.69, 9.17) is 9.47 Å². The molecule has 0 saturated carbocycles. The van der Waals surface area contributed by atoms with Gasteiger partial charge in [0.15, 0.2) is 11.5 Å². The van der Waals surface area contributed by atoms with Gasteiger partial charge in [-0.25, -0.2) is 4.79 Å². The number of methoxy groups -OCH3 is 1. The minimum Gasteiger partial charge on any atom is -0.453 e. The van der Waals surface area contributed by atoms with E-state index in [2.05, 4.69) is 10.1 Å². The van der Waals surface area contributed by atoms with Crippen molar-refractivity contribution in [2.24, 2.45) is 0 Å². The molecule has 0 unspecified atom stereocenters. The van der Waals surface area contributed by atoms with Crippen molar-refractivity contribution in [3.63, 3.8) is 0 Å². The molecule has 3 rings (SSSR count). The van der Waals surface area contributed by atoms with Crippen LogP contribution in [0.3, 0.4) is 0 Å². The molecule has 5 heteroatoms. The number of ether oxygens (including phenoxy) is 3. The van der Waals surface area contributed by atoms with Crippen LogP contribution in [0.4, 0.5) is 10.5 Å². The molecule has 5 nitrogen and oxygen atoms in total. The van der Waals surface area contributed by atoms with Gasteiger partial charge in [-0.2, -0.15) is 0 Å². The van der Waals surface area contributed by atoms with E-state index in [9.17, 15) is 4.79 Å². The Morgan fingerprint density at radius 1 is 0.760 bits per heavy atom. The van der Waals surface area contributed by atoms with Crippen LogP contribution in [0.2, 0.25) is 0 Å². The van der Waals surface area contributed by atoms with E-state index in [1.165, 1.54) is 7.11 Å². The van der Waals surface area contributed by atoms with Crippen molar-refractivity contribution in [3.05, 3.63) is 78.9 Å². The highest BCUT2D eigenvalue weighted by Gasteiger charge is 2.11. The zero-order valence-corrected chi connectivity index (χ0v) is 13.6. The van der Waals surface area contributed by atoms with Crippen LogP contribution < -0.4 is 14.8 Å². The van der Waals surface area contributed by atoms with Gasteiger partial charge in [0.1, 0.15) is 11.5 Å². The monoisotopic (exact) mass is 335 g/mol. The first-order valence-electron chi connectivity index (χ1n) is 7.69. The van der Waals surface area contributed by atoms with Crippen LogP contribution in [0.1, 0.15) is 0 Å². The van der Waals surface area contributed by atoms with Crippen molar-refractivity contribution in [1.29, 1.82) is 0 Å². The number of amides is 1. The molecule has 0 radical (unpaired) electrons. The fourth-order valence-corrected chi connectivity index (χ4v) is 2.15. The Balaban J connectivity index is 1.91. The van der Waals surface area contributed by atoms with E-state index in [0.717, 1.165) is 0 Å². The predicted octanol–water partition coefficient (Wildman–Crippen LogP) is 5.45. The summed E-state index contributed by atoms with van der Waals surface area (Å²) in [5.74, 6) is 2.36. The second-order valence-electron chi connectivity index (χ2n) is 5.11. The Hall–Kier alpha value is -3.47. The molecule has 0 aliphatic rings. The van der Waals surface area contributed by atoms with Gasteiger partial charge >= 0.3 is 6.09 Å². The van der Waals surface area contributed by atoms with E-state index in [-0.39, 0.29) is 0 Å². The maximum atomic E-state index is 11.4. The molecule has 0 atom stereocenters. The fraction of sp³-hybridized carbons (Fsp3) is 0.0500. The van der Waals surface area contributed by atoms with E-state index < -0.39 is 6.09 Å². The normalized spacial score (nSPS) is 9.96. The Kier molecular flexibility index (Phi) is 5.16. The summed E-state index contributed by atoms with van der Waals surface area (Å²) in [4.78, 5) is 11.4. The molecule has 0 bridgehead atoms. The largest absolute Gasteiger partial charge is 0.453 e. The summed E-state index contributed by atoms with van der Waals surface area (Å²) >= 11 is 0. The van der Waals surface area contributed by atoms with Crippen LogP contribution in [-0.2, 0) is 4.74 Å². The lowest BCUT2D eigenvalue weighted by Gasteiger charge is -2.14. The maximum absolute atomic E-state index is 11.4. The van der Waals surface area contributed by atoms with Gasteiger partial charge in [0.05, 0.1) is 7.11 Å². The van der Waals surface area contributed by atoms with Crippen molar-refractivity contribution in [2.75, 3.05) is 12.4 Å². The quantitative estimate of drug-likeness (QED) is 0.673. The predicted molar refractivity (Wildman–Crippen MR) is 95.5 cm³/mol. The fourth-order valence-electron chi connectivity index (χ4n) is 2.15. The average molecular weight is 335 g/mol. The van der Waals surface area contributed by atoms with Gasteiger partial charge in [0.2, 0.25) is 0 Å². The van der Waals surface area contributed by atoms with Gasteiger partial charge in [0, 0.05) is 11.8 Å². The number of para-hydroxylation sites is 2. The molecule has 0 fully saturated rings. The zero-order valence-electron chi connectivity index (χ0n) is 13.6. The number of rotatable bonds is 5. The van der Waals surface area contributed by atoms with E-state index in [1.807, 2.05) is 60.7 Å². The number of nitrogens with one attached hydrogen (secondary N) is 1. The van der Waals surface area contributed by atoms with Gasteiger partial charge in [-0.1, -0.05) is 36.4 Å². The van der Waals surface area contributed by atoms with Crippen LogP contribution in [0.5, 0.6) is 23.0 Å². The standard InChI is InChI=1S/C20H17NO4/c1-23-20(22)21-15-12-13-18(24-16-8-4-2-5-9-16)19(14-15)25-17-10-6-3-7-11-17/h2-14H,1H3,(H,21,22). The van der Waals surface area contributed by atoms with Crippen molar-refractivity contribution in [2.45, 2.75) is 0 Å². The number of anilines is 1. The highest BCUT2D eigenvalue weighted by Crippen LogP contribution is 2.36. The van der Waals surface area contributed by atoms with E-state index in [1.54, 1.807) is 18.2 Å². The highest BCUT2D eigenvalue weighted by molar-refractivity contribution is 5.85. The number of hydrogen-bond acceptors (Lipinski definition) is 4. The van der Waals surface area contributed by atoms with Crippen molar-refractivity contribution >= 4 is 11.8 Å². The molecule has 3 aromatic rings. The lowest BCUT2D eigenvalue weighted by molar-refractivity contribution is 0.187. The van der Waals surface area contributed by atoms with Crippen LogP contribution >= 0.6 is 0 Å². The van der Waals surface area contributed by atoms with Crippen LogP contribution in [-0.4, -0.2) is 13.2 Å². The lowest BCUT2D eigenvalue weighted by Crippen LogP contribution is -2.10. The van der Waals surface area contributed by atoms with Crippen molar-refractivity contribution in [1.82, 2.24) is 0 Å². The Bertz CT molecular complexity index is 835. The third kappa shape index (κ3) is 4.51. The molecule has 3 aromatic carbocycles. The summed E-state index contributed by atoms with van der Waals surface area (Å²) < 4.78 is 16.4. The molecule has 1 amide bonds. The molecular formula is C20H17NO4. The topological polar surface area (TPSA) is 56.8 Å². The molecule has 25 heavy (non-hydrogen) atoms. The lowest BCUT2D eigenvalue weighted by atomic mass is 10.2. The first-order valence-corrected chi connectivity index (χ1v) is 7.69. The van der Waals surface area contributed by atoms with E-state index >= 15 is 0 Å². The minimum absolute atomic E-state index is 0.476. The number of carbonyl (C=O) groups is 1. The molecule has 0 spiro atoms. The third-order valence-electron chi connectivity index (χ3n) is 3.32. The Labute approximate surface area is 145 Å². The molecule has 0 saturated heterocycles. The number of benzene rings is 3. The SMILES string of the molecule is COC(=O)Nc1ccc(Oc2ccccc2)c(Oc2ccccc2)c1. The van der Waals surface area contributed by atoms with E-state index in [0.29, 0.717) is 28.7 Å². The summed E-state index contributed by atoms with van der Waals surface area (Å²) in [6, 6.07) is 23.9. The zero-order chi connectivity index (χ0) is 17.5. The van der Waals surface area contributed by atoms with Gasteiger partial charge in [-0.15, -0.1) is 0 Å². The van der Waals surface area contributed by atoms with Crippen molar-refractivity contribution < 1.29 is 19.0 Å². The molecule has 0 heterocycles. The number of carbonyl (C=O) groups excluding carboxylic acids is 1. The minimum atomic E-state index is -0.553. The molecule has 1 N–H and O–H groups in total. The van der Waals surface area contributed by atoms with Crippen LogP contribution in [0.15, 0.2) is 78.9 Å². The first-order chi connectivity index (χ1) is 12.2. The van der Waals surface area contributed by atoms with Gasteiger partial charge in [-0.3, -0.25) is 5.32 Å². The second-order valence-corrected chi connectivity index (χ2v) is 5.11. The van der Waals surface area contributed by atoms with Gasteiger partial charge in [-0.05, 0) is 36.4 Å². The number of hydrogen-bond donors (Lipinski definition) is 1. The highest BCUT2D eigenvalue weighted by atomic mass is 16.5. The Morgan fingerprint density at radius 2 is 1.32 bits per heavy atom. The summed E-state index contributed by atoms with van der Waals surface area (Å²) in [6.07, 6.45) is -0.553. The molecule has 0 aliphatic carbocycles. The van der Waals surface area contributed by atoms with Gasteiger partial charge in [0.25, 0.3) is 0 Å². The summed E-state index contributed by atoms with van der Waals surface area (Å²) in [7, 11) is 1.31. The summed E-state index contributed by atoms with van der Waals surface area (Å²) in [6.45, 7) is 0. The third-order valence-corrected chi connectivity index (χ3v) is 3.32. The Morgan fingerprint density at radius 3 is 1.88 bits per heavy atom. The molecule has 0 aromatic heterocycles. The summed E-state index contributed by atoms with van der Waals surface area (Å²) in [5.41, 5.74) is 0.540. The van der Waals surface area contributed by atoms with Crippen LogP contribution in [0.25, 0.3) is 0 Å². The van der Waals surface area contributed by atoms with Gasteiger partial charge < -0.3 is 14.2 Å². The molecular weight excluding hydrogens is 318 g/mol. The average Bonchev–Trinajstić information content (AvgIpc) is 2.65. The van der Waals surface area contributed by atoms with Crippen molar-refractivity contribution in [3.8, 4) is 23.0 Å². The molecule has 0 aliphatic heterocycles. The van der Waals surface area contributed by atoms with Crippen LogP contribution in [0, 0.1) is 0 Å².